The van der Waals surface area contributed by atoms with Crippen LogP contribution >= 0.6 is 0 Å². The molecule has 0 aliphatic heterocycles. The van der Waals surface area contributed by atoms with E-state index >= 15 is 0 Å². The molecule has 96 valence electrons. The molecule has 2 nitrogen and oxygen atoms in total. The highest BCUT2D eigenvalue weighted by Gasteiger charge is 2.18. The molecule has 0 aromatic heterocycles. The van der Waals surface area contributed by atoms with Crippen molar-refractivity contribution >= 4 is 0 Å². The molecule has 0 aliphatic carbocycles. The number of benzene rings is 1. The first-order valence-electron chi connectivity index (χ1n) is 6.45. The Hall–Kier alpha value is -0.860. The highest BCUT2D eigenvalue weighted by atomic mass is 16.7. The number of ether oxygens (including phenoxy) is 2. The number of hydrogen-bond acceptors (Lipinski definition) is 2. The van der Waals surface area contributed by atoms with Crippen molar-refractivity contribution in [2.24, 2.45) is 0 Å². The molecule has 0 aliphatic rings. The van der Waals surface area contributed by atoms with Gasteiger partial charge in [-0.05, 0) is 12.0 Å². The van der Waals surface area contributed by atoms with Crippen molar-refractivity contribution in [3.05, 3.63) is 35.9 Å². The lowest BCUT2D eigenvalue weighted by atomic mass is 9.92. The largest absolute Gasteiger partial charge is 0.359 e. The van der Waals surface area contributed by atoms with Gasteiger partial charge in [0.15, 0.2) is 0 Å². The van der Waals surface area contributed by atoms with Crippen molar-refractivity contribution in [3.8, 4) is 0 Å². The lowest BCUT2D eigenvalue weighted by molar-refractivity contribution is -0.0817. The fourth-order valence-corrected chi connectivity index (χ4v) is 2.01. The Bertz CT molecular complexity index is 276. The Morgan fingerprint density at radius 1 is 1.18 bits per heavy atom. The van der Waals surface area contributed by atoms with Crippen LogP contribution in [0, 0.1) is 0 Å². The van der Waals surface area contributed by atoms with Gasteiger partial charge in [0.2, 0.25) is 0 Å². The first-order valence-corrected chi connectivity index (χ1v) is 6.45. The molecule has 1 aromatic rings. The number of hydrogen-bond donors (Lipinski definition) is 0. The second-order valence-electron chi connectivity index (χ2n) is 4.45. The van der Waals surface area contributed by atoms with Crippen molar-refractivity contribution in [3.63, 3.8) is 0 Å². The van der Waals surface area contributed by atoms with Gasteiger partial charge in [0, 0.05) is 13.0 Å². The Labute approximate surface area is 105 Å². The average molecular weight is 236 g/mol. The maximum atomic E-state index is 5.79. The maximum Gasteiger partial charge on any atom is 0.146 e. The Kier molecular flexibility index (Phi) is 6.90. The standard InChI is InChI=1S/C15H24O2/c1-4-5-11-15(17-12-16-3)13(2)14-9-7-6-8-10-14/h6-10,13,15H,4-5,11-12H2,1-3H3/t13-,15-/m1/s1. The van der Waals surface area contributed by atoms with Gasteiger partial charge >= 0.3 is 0 Å². The van der Waals surface area contributed by atoms with E-state index in [0.29, 0.717) is 12.7 Å². The molecule has 0 amide bonds. The molecule has 17 heavy (non-hydrogen) atoms. The summed E-state index contributed by atoms with van der Waals surface area (Å²) in [5.41, 5.74) is 1.34. The smallest absolute Gasteiger partial charge is 0.146 e. The summed E-state index contributed by atoms with van der Waals surface area (Å²) < 4.78 is 10.8. The maximum absolute atomic E-state index is 5.79. The molecule has 0 saturated carbocycles. The molecule has 2 atom stereocenters. The van der Waals surface area contributed by atoms with Crippen LogP contribution in [0.15, 0.2) is 30.3 Å². The van der Waals surface area contributed by atoms with Gasteiger partial charge in [0.05, 0.1) is 6.10 Å². The first-order chi connectivity index (χ1) is 8.29. The van der Waals surface area contributed by atoms with E-state index < -0.39 is 0 Å². The Balaban J connectivity index is 2.61. The molecule has 1 rings (SSSR count). The minimum atomic E-state index is 0.247. The van der Waals surface area contributed by atoms with E-state index in [9.17, 15) is 0 Å². The highest BCUT2D eigenvalue weighted by Crippen LogP contribution is 2.24. The van der Waals surface area contributed by atoms with Gasteiger partial charge < -0.3 is 9.47 Å². The van der Waals surface area contributed by atoms with Crippen molar-refractivity contribution in [1.82, 2.24) is 0 Å². The van der Waals surface area contributed by atoms with E-state index in [1.54, 1.807) is 7.11 Å². The number of rotatable bonds is 8. The van der Waals surface area contributed by atoms with E-state index in [2.05, 4.69) is 38.1 Å². The minimum Gasteiger partial charge on any atom is -0.359 e. The van der Waals surface area contributed by atoms with Gasteiger partial charge in [-0.3, -0.25) is 0 Å². The minimum absolute atomic E-state index is 0.247. The van der Waals surface area contributed by atoms with Crippen LogP contribution in [0.2, 0.25) is 0 Å². The monoisotopic (exact) mass is 236 g/mol. The molecule has 0 fully saturated rings. The lowest BCUT2D eigenvalue weighted by Crippen LogP contribution is -2.21. The summed E-state index contributed by atoms with van der Waals surface area (Å²) in [4.78, 5) is 0. The van der Waals surface area contributed by atoms with Crippen molar-refractivity contribution in [1.29, 1.82) is 0 Å². The van der Waals surface area contributed by atoms with Crippen molar-refractivity contribution in [2.45, 2.75) is 45.1 Å². The van der Waals surface area contributed by atoms with E-state index in [-0.39, 0.29) is 6.10 Å². The molecule has 1 aromatic carbocycles. The summed E-state index contributed by atoms with van der Waals surface area (Å²) in [6.07, 6.45) is 3.74. The molecular weight excluding hydrogens is 212 g/mol. The zero-order chi connectivity index (χ0) is 12.5. The lowest BCUT2D eigenvalue weighted by Gasteiger charge is -2.24. The molecule has 0 radical (unpaired) electrons. The molecule has 0 N–H and O–H groups in total. The second kappa shape index (κ2) is 8.26. The van der Waals surface area contributed by atoms with Crippen LogP contribution in [0.5, 0.6) is 0 Å². The van der Waals surface area contributed by atoms with E-state index in [1.165, 1.54) is 18.4 Å². The van der Waals surface area contributed by atoms with Crippen molar-refractivity contribution < 1.29 is 9.47 Å². The van der Waals surface area contributed by atoms with E-state index in [0.717, 1.165) is 6.42 Å². The quantitative estimate of drug-likeness (QED) is 0.636. The summed E-state index contributed by atoms with van der Waals surface area (Å²) >= 11 is 0. The van der Waals surface area contributed by atoms with Crippen LogP contribution in [0.1, 0.15) is 44.6 Å². The topological polar surface area (TPSA) is 18.5 Å². The third kappa shape index (κ3) is 4.88. The van der Waals surface area contributed by atoms with E-state index in [4.69, 9.17) is 9.47 Å². The summed E-state index contributed by atoms with van der Waals surface area (Å²) in [6.45, 7) is 4.82. The summed E-state index contributed by atoms with van der Waals surface area (Å²) in [6, 6.07) is 10.5. The van der Waals surface area contributed by atoms with Crippen LogP contribution < -0.4 is 0 Å². The summed E-state index contributed by atoms with van der Waals surface area (Å²) in [5, 5.41) is 0. The van der Waals surface area contributed by atoms with Gasteiger partial charge in [-0.15, -0.1) is 0 Å². The zero-order valence-electron chi connectivity index (χ0n) is 11.2. The van der Waals surface area contributed by atoms with Crippen LogP contribution in [0.4, 0.5) is 0 Å². The Morgan fingerprint density at radius 3 is 2.47 bits per heavy atom. The molecule has 0 spiro atoms. The summed E-state index contributed by atoms with van der Waals surface area (Å²) in [7, 11) is 1.67. The fraction of sp³-hybridized carbons (Fsp3) is 0.600. The highest BCUT2D eigenvalue weighted by molar-refractivity contribution is 5.19. The van der Waals surface area contributed by atoms with Crippen LogP contribution in [-0.4, -0.2) is 20.0 Å². The third-order valence-corrected chi connectivity index (χ3v) is 3.13. The first kappa shape index (κ1) is 14.2. The molecule has 0 heterocycles. The Morgan fingerprint density at radius 2 is 1.88 bits per heavy atom. The van der Waals surface area contributed by atoms with Crippen LogP contribution in [0.25, 0.3) is 0 Å². The average Bonchev–Trinajstić information content (AvgIpc) is 2.39. The van der Waals surface area contributed by atoms with Gasteiger partial charge in [0.1, 0.15) is 6.79 Å². The van der Waals surface area contributed by atoms with Gasteiger partial charge in [-0.1, -0.05) is 57.0 Å². The molecule has 0 bridgehead atoms. The number of unbranched alkanes of at least 4 members (excludes halogenated alkanes) is 1. The van der Waals surface area contributed by atoms with Crippen molar-refractivity contribution in [2.75, 3.05) is 13.9 Å². The number of methoxy groups -OCH3 is 1. The predicted molar refractivity (Wildman–Crippen MR) is 71.1 cm³/mol. The third-order valence-electron chi connectivity index (χ3n) is 3.13. The van der Waals surface area contributed by atoms with Gasteiger partial charge in [-0.25, -0.2) is 0 Å². The fourth-order valence-electron chi connectivity index (χ4n) is 2.01. The predicted octanol–water partition coefficient (Wildman–Crippen LogP) is 3.97. The van der Waals surface area contributed by atoms with E-state index in [1.807, 2.05) is 6.07 Å². The molecule has 0 saturated heterocycles. The van der Waals surface area contributed by atoms with Crippen LogP contribution in [-0.2, 0) is 9.47 Å². The molecule has 2 heteroatoms. The second-order valence-corrected chi connectivity index (χ2v) is 4.45. The SMILES string of the molecule is CCCC[C@@H](OCOC)[C@H](C)c1ccccc1. The van der Waals surface area contributed by atoms with Gasteiger partial charge in [0.25, 0.3) is 0 Å². The summed E-state index contributed by atoms with van der Waals surface area (Å²) in [5.74, 6) is 0.415. The normalized spacial score (nSPS) is 14.5. The molecular formula is C15H24O2. The molecule has 0 unspecified atom stereocenters. The zero-order valence-corrected chi connectivity index (χ0v) is 11.2. The van der Waals surface area contributed by atoms with Gasteiger partial charge in [-0.2, -0.15) is 0 Å². The van der Waals surface area contributed by atoms with Crippen LogP contribution in [0.3, 0.4) is 0 Å².